The molecule has 3 aromatic rings. The van der Waals surface area contributed by atoms with Gasteiger partial charge < -0.3 is 19.6 Å². The Kier molecular flexibility index (Phi) is 4.97. The average Bonchev–Trinajstić information content (AvgIpc) is 3.16. The van der Waals surface area contributed by atoms with E-state index >= 15 is 0 Å². The quantitative estimate of drug-likeness (QED) is 0.479. The van der Waals surface area contributed by atoms with Gasteiger partial charge in [-0.1, -0.05) is 16.7 Å². The van der Waals surface area contributed by atoms with Gasteiger partial charge in [-0.15, -0.1) is 5.10 Å². The molecule has 2 aromatic heterocycles. The molecule has 0 radical (unpaired) electrons. The summed E-state index contributed by atoms with van der Waals surface area (Å²) in [6.45, 7) is 0. The third-order valence-corrected chi connectivity index (χ3v) is 6.43. The van der Waals surface area contributed by atoms with Gasteiger partial charge >= 0.3 is 12.3 Å². The molecule has 1 aromatic carbocycles. The summed E-state index contributed by atoms with van der Waals surface area (Å²) in [5.41, 5.74) is 3.44. The van der Waals surface area contributed by atoms with Gasteiger partial charge in [0.25, 0.3) is 5.91 Å². The summed E-state index contributed by atoms with van der Waals surface area (Å²) in [4.78, 5) is 15.4. The van der Waals surface area contributed by atoms with Crippen LogP contribution >= 0.6 is 11.6 Å². The number of hydrogen-bond donors (Lipinski definition) is 1. The van der Waals surface area contributed by atoms with Crippen LogP contribution in [0.15, 0.2) is 40.9 Å². The van der Waals surface area contributed by atoms with Gasteiger partial charge in [-0.25, -0.2) is 9.37 Å². The number of carbonyl (C=O) groups excluding carboxylic acids is 1. The minimum absolute atomic E-state index is 0.00495. The third kappa shape index (κ3) is 3.71. The van der Waals surface area contributed by atoms with Crippen molar-refractivity contribution in [2.45, 2.75) is 37.0 Å². The molecule has 0 aliphatic heterocycles. The maximum absolute atomic E-state index is 13.7. The Morgan fingerprint density at radius 3 is 2.44 bits per heavy atom. The van der Waals surface area contributed by atoms with Gasteiger partial charge in [0.15, 0.2) is 11.9 Å². The zero-order valence-corrected chi connectivity index (χ0v) is 17.9. The molecule has 13 heteroatoms. The second kappa shape index (κ2) is 7.55. The normalized spacial score (nSPS) is 24.0. The van der Waals surface area contributed by atoms with Gasteiger partial charge in [-0.2, -0.15) is 13.2 Å². The second-order valence-electron chi connectivity index (χ2n) is 8.50. The molecule has 3 aliphatic carbocycles. The zero-order valence-electron chi connectivity index (χ0n) is 17.1. The Labute approximate surface area is 194 Å². The Balaban J connectivity index is 1.25. The first-order valence-electron chi connectivity index (χ1n) is 9.96. The number of rotatable bonds is 7. The number of nitrogens with two attached hydrogens (primary N) is 1. The summed E-state index contributed by atoms with van der Waals surface area (Å²) in [7, 11) is 0. The highest BCUT2D eigenvalue weighted by Gasteiger charge is 2.75. The van der Waals surface area contributed by atoms with Crippen LogP contribution in [0.25, 0.3) is 0 Å². The van der Waals surface area contributed by atoms with Crippen LogP contribution in [-0.4, -0.2) is 27.2 Å². The molecule has 178 valence electrons. The first-order valence-corrected chi connectivity index (χ1v) is 10.3. The number of hydrogen-bond acceptors (Lipinski definition) is 7. The minimum atomic E-state index is -4.56. The molecule has 3 fully saturated rings. The number of ether oxygens (including phenoxy) is 2. The molecule has 0 spiro atoms. The molecule has 34 heavy (non-hydrogen) atoms. The topological polar surface area (TPSA) is 113 Å². The van der Waals surface area contributed by atoms with Crippen molar-refractivity contribution >= 4 is 17.5 Å². The monoisotopic (exact) mass is 498 g/mol. The fourth-order valence-electron chi connectivity index (χ4n) is 4.72. The van der Waals surface area contributed by atoms with Gasteiger partial charge in [-0.05, 0) is 43.5 Å². The maximum Gasteiger partial charge on any atom is 0.433 e. The second-order valence-corrected chi connectivity index (χ2v) is 8.91. The molecule has 6 rings (SSSR count). The van der Waals surface area contributed by atoms with E-state index in [1.165, 1.54) is 12.1 Å². The summed E-state index contributed by atoms with van der Waals surface area (Å²) >= 11 is 5.68. The first kappa shape index (κ1) is 22.4. The lowest BCUT2D eigenvalue weighted by molar-refractivity contribution is -0.208. The van der Waals surface area contributed by atoms with Crippen LogP contribution in [0, 0.1) is 11.2 Å². The molecule has 2 bridgehead atoms. The number of aromatic nitrogens is 3. The largest absolute Gasteiger partial charge is 0.480 e. The van der Waals surface area contributed by atoms with Crippen molar-refractivity contribution < 1.29 is 36.2 Å². The molecule has 3 aliphatic rings. The van der Waals surface area contributed by atoms with Gasteiger partial charge in [0.2, 0.25) is 5.89 Å². The van der Waals surface area contributed by atoms with E-state index in [2.05, 4.69) is 15.2 Å². The molecular formula is C21H15ClF4N4O4. The highest BCUT2D eigenvalue weighted by atomic mass is 35.5. The number of amides is 1. The number of carbonyl (C=O) groups is 1. The molecule has 8 nitrogen and oxygen atoms in total. The SMILES string of the molecule is NC(=O)C(Oc1ccc(Cl)c(F)c1)C12CC(c3nnc(Oc4ccc(C(F)(F)F)nc4)o3)(C1)C2. The Hall–Kier alpha value is -3.41. The van der Waals surface area contributed by atoms with Crippen molar-refractivity contribution in [3.05, 3.63) is 59.0 Å². The lowest BCUT2D eigenvalue weighted by Gasteiger charge is -2.69. The van der Waals surface area contributed by atoms with E-state index in [9.17, 15) is 22.4 Å². The zero-order chi connectivity index (χ0) is 24.3. The van der Waals surface area contributed by atoms with Crippen molar-refractivity contribution in [2.75, 3.05) is 0 Å². The molecule has 1 atom stereocenters. The predicted molar refractivity (Wildman–Crippen MR) is 107 cm³/mol. The number of benzene rings is 1. The summed E-state index contributed by atoms with van der Waals surface area (Å²) in [6.07, 6.45) is -3.52. The Morgan fingerprint density at radius 1 is 1.15 bits per heavy atom. The van der Waals surface area contributed by atoms with Crippen molar-refractivity contribution in [2.24, 2.45) is 11.1 Å². The van der Waals surface area contributed by atoms with Crippen LogP contribution in [0.1, 0.15) is 30.8 Å². The van der Waals surface area contributed by atoms with Crippen molar-refractivity contribution in [3.8, 4) is 17.6 Å². The third-order valence-electron chi connectivity index (χ3n) is 6.12. The van der Waals surface area contributed by atoms with Crippen LogP contribution < -0.4 is 15.2 Å². The summed E-state index contributed by atoms with van der Waals surface area (Å²) in [5.74, 6) is -0.978. The number of pyridine rings is 1. The Bertz CT molecular complexity index is 1240. The van der Waals surface area contributed by atoms with Crippen LogP contribution in [0.2, 0.25) is 5.02 Å². The van der Waals surface area contributed by atoms with Crippen molar-refractivity contribution in [3.63, 3.8) is 0 Å². The summed E-state index contributed by atoms with van der Waals surface area (Å²) in [6, 6.07) is 5.70. The smallest absolute Gasteiger partial charge is 0.433 e. The summed E-state index contributed by atoms with van der Waals surface area (Å²) in [5, 5.41) is 7.68. The molecule has 2 heterocycles. The highest BCUT2D eigenvalue weighted by molar-refractivity contribution is 6.30. The molecule has 0 saturated heterocycles. The van der Waals surface area contributed by atoms with E-state index in [-0.39, 0.29) is 28.5 Å². The van der Waals surface area contributed by atoms with Gasteiger partial charge in [0.05, 0.1) is 16.6 Å². The van der Waals surface area contributed by atoms with E-state index in [4.69, 9.17) is 31.2 Å². The van der Waals surface area contributed by atoms with Gasteiger partial charge in [-0.3, -0.25) is 4.79 Å². The van der Waals surface area contributed by atoms with E-state index in [0.29, 0.717) is 19.3 Å². The van der Waals surface area contributed by atoms with Gasteiger partial charge in [0.1, 0.15) is 17.3 Å². The van der Waals surface area contributed by atoms with E-state index < -0.39 is 40.5 Å². The Morgan fingerprint density at radius 2 is 1.85 bits per heavy atom. The lowest BCUT2D eigenvalue weighted by atomic mass is 9.33. The van der Waals surface area contributed by atoms with Crippen molar-refractivity contribution in [1.29, 1.82) is 0 Å². The predicted octanol–water partition coefficient (Wildman–Crippen LogP) is 4.42. The van der Waals surface area contributed by atoms with E-state index in [1.807, 2.05) is 0 Å². The van der Waals surface area contributed by atoms with E-state index in [1.54, 1.807) is 0 Å². The molecule has 1 unspecified atom stereocenters. The summed E-state index contributed by atoms with van der Waals surface area (Å²) < 4.78 is 68.1. The fraction of sp³-hybridized carbons (Fsp3) is 0.333. The van der Waals surface area contributed by atoms with Gasteiger partial charge in [0, 0.05) is 11.5 Å². The fourth-order valence-corrected chi connectivity index (χ4v) is 4.83. The van der Waals surface area contributed by atoms with Crippen LogP contribution in [-0.2, 0) is 16.4 Å². The number of alkyl halides is 3. The van der Waals surface area contributed by atoms with Crippen LogP contribution in [0.3, 0.4) is 0 Å². The van der Waals surface area contributed by atoms with E-state index in [0.717, 1.165) is 24.4 Å². The molecular weight excluding hydrogens is 484 g/mol. The maximum atomic E-state index is 13.7. The number of primary amides is 1. The standard InChI is InChI=1S/C21H15ClF4N4O4/c22-12-3-1-10(5-13(12)23)32-15(16(27)31)19-7-20(8-19,9-19)17-29-30-18(34-17)33-11-2-4-14(28-6-11)21(24,25)26/h1-6,15H,7-9H2,(H2,27,31). The van der Waals surface area contributed by atoms with Crippen LogP contribution in [0.4, 0.5) is 17.6 Å². The molecule has 2 N–H and O–H groups in total. The first-order chi connectivity index (χ1) is 16.0. The van der Waals surface area contributed by atoms with Crippen LogP contribution in [0.5, 0.6) is 17.6 Å². The molecule has 1 amide bonds. The van der Waals surface area contributed by atoms with Crippen molar-refractivity contribution in [1.82, 2.24) is 15.2 Å². The average molecular weight is 499 g/mol. The highest BCUT2D eigenvalue weighted by Crippen LogP contribution is 2.75. The lowest BCUT2D eigenvalue weighted by Crippen LogP contribution is -2.72. The molecule has 3 saturated carbocycles. The number of halogens is 5. The number of nitrogens with zero attached hydrogens (tertiary/aromatic N) is 3. The minimum Gasteiger partial charge on any atom is -0.480 e.